The Hall–Kier alpha value is -4.11. The van der Waals surface area contributed by atoms with Gasteiger partial charge in [-0.05, 0) is 59.0 Å². The lowest BCUT2D eigenvalue weighted by Crippen LogP contribution is -2.30. The molecule has 3 heteroatoms. The summed E-state index contributed by atoms with van der Waals surface area (Å²) in [6.07, 6.45) is 0. The molecule has 2 aromatic heterocycles. The summed E-state index contributed by atoms with van der Waals surface area (Å²) in [6.45, 7) is 4.35. The lowest BCUT2D eigenvalue weighted by molar-refractivity contribution is -0.652. The first kappa shape index (κ1) is 18.5. The summed E-state index contributed by atoms with van der Waals surface area (Å²) in [4.78, 5) is 0. The van der Waals surface area contributed by atoms with Gasteiger partial charge in [-0.3, -0.25) is 0 Å². The van der Waals surface area contributed by atoms with Gasteiger partial charge in [-0.1, -0.05) is 48.5 Å². The fraction of sp³-hybridized carbons (Fsp3) is 0.100. The van der Waals surface area contributed by atoms with Gasteiger partial charge in [0.2, 0.25) is 0 Å². The van der Waals surface area contributed by atoms with Crippen LogP contribution in [0.2, 0.25) is 0 Å². The molecule has 33 heavy (non-hydrogen) atoms. The zero-order valence-electron chi connectivity index (χ0n) is 18.9. The van der Waals surface area contributed by atoms with Crippen molar-refractivity contribution in [1.29, 1.82) is 0 Å². The van der Waals surface area contributed by atoms with Gasteiger partial charge in [-0.25, -0.2) is 4.57 Å². The van der Waals surface area contributed by atoms with E-state index in [0.29, 0.717) is 0 Å². The second-order valence-electron chi connectivity index (χ2n) is 9.03. The Kier molecular flexibility index (Phi) is 3.61. The number of benzene rings is 5. The molecule has 0 aliphatic heterocycles. The Morgan fingerprint density at radius 1 is 0.697 bits per heavy atom. The smallest absolute Gasteiger partial charge is 0.259 e. The quantitative estimate of drug-likeness (QED) is 0.252. The number of furan rings is 1. The summed E-state index contributed by atoms with van der Waals surface area (Å²) in [5.74, 6) is 1.20. The fourth-order valence-electron chi connectivity index (χ4n) is 5.33. The maximum absolute atomic E-state index is 6.49. The van der Waals surface area contributed by atoms with E-state index in [1.165, 1.54) is 55.0 Å². The van der Waals surface area contributed by atoms with Crippen molar-refractivity contribution < 1.29 is 8.98 Å². The number of para-hydroxylation sites is 1. The van der Waals surface area contributed by atoms with Crippen LogP contribution in [0.3, 0.4) is 0 Å². The Bertz CT molecular complexity index is 1900. The van der Waals surface area contributed by atoms with E-state index in [1.807, 2.05) is 0 Å². The molecule has 0 N–H and O–H groups in total. The second kappa shape index (κ2) is 6.46. The zero-order chi connectivity index (χ0) is 22.3. The summed E-state index contributed by atoms with van der Waals surface area (Å²) in [7, 11) is 2.14. The lowest BCUT2D eigenvalue weighted by Gasteiger charge is -2.04. The normalized spacial score (nSPS) is 12.1. The van der Waals surface area contributed by atoms with Gasteiger partial charge in [0.25, 0.3) is 5.82 Å². The van der Waals surface area contributed by atoms with Crippen LogP contribution >= 0.6 is 0 Å². The van der Waals surface area contributed by atoms with Gasteiger partial charge in [-0.15, -0.1) is 0 Å². The van der Waals surface area contributed by atoms with E-state index in [2.05, 4.69) is 115 Å². The van der Waals surface area contributed by atoms with E-state index in [0.717, 1.165) is 16.6 Å². The van der Waals surface area contributed by atoms with Crippen LogP contribution in [0.4, 0.5) is 0 Å². The third kappa shape index (κ3) is 2.48. The van der Waals surface area contributed by atoms with Gasteiger partial charge in [-0.2, -0.15) is 4.57 Å². The van der Waals surface area contributed by atoms with Crippen LogP contribution in [0.1, 0.15) is 11.4 Å². The Morgan fingerprint density at radius 2 is 1.45 bits per heavy atom. The third-order valence-electron chi connectivity index (χ3n) is 7.18. The van der Waals surface area contributed by atoms with Crippen molar-refractivity contribution in [2.45, 2.75) is 13.8 Å². The molecule has 0 aliphatic rings. The molecule has 2 heterocycles. The van der Waals surface area contributed by atoms with Crippen LogP contribution in [-0.2, 0) is 7.05 Å². The monoisotopic (exact) mass is 427 g/mol. The highest BCUT2D eigenvalue weighted by atomic mass is 16.3. The Labute approximate surface area is 191 Å². The predicted octanol–water partition coefficient (Wildman–Crippen LogP) is 7.28. The molecule has 0 radical (unpaired) electrons. The van der Waals surface area contributed by atoms with Crippen LogP contribution in [0.25, 0.3) is 60.2 Å². The summed E-state index contributed by atoms with van der Waals surface area (Å²) in [5, 5.41) is 7.11. The highest BCUT2D eigenvalue weighted by molar-refractivity contribution is 6.18. The van der Waals surface area contributed by atoms with E-state index in [9.17, 15) is 0 Å². The van der Waals surface area contributed by atoms with E-state index in [-0.39, 0.29) is 0 Å². The van der Waals surface area contributed by atoms with Gasteiger partial charge in [0, 0.05) is 29.1 Å². The maximum Gasteiger partial charge on any atom is 0.259 e. The van der Waals surface area contributed by atoms with E-state index in [1.54, 1.807) is 0 Å². The summed E-state index contributed by atoms with van der Waals surface area (Å²) < 4.78 is 11.1. The van der Waals surface area contributed by atoms with Crippen molar-refractivity contribution in [2.24, 2.45) is 7.05 Å². The molecule has 0 saturated heterocycles. The van der Waals surface area contributed by atoms with Crippen molar-refractivity contribution in [3.63, 3.8) is 0 Å². The number of hydrogen-bond donors (Lipinski definition) is 0. The highest BCUT2D eigenvalue weighted by Gasteiger charge is 2.23. The third-order valence-corrected chi connectivity index (χ3v) is 7.18. The molecule has 0 aliphatic carbocycles. The zero-order valence-corrected chi connectivity index (χ0v) is 18.9. The standard InChI is InChI=1S/C30H23N2O/c1-18-8-4-7-11-26(18)32-19(2)31(3)27-17-24-22(15-28(27)32)12-13-23-25-14-20-9-5-6-10-21(20)16-29(25)33-30(23)24/h4-17H,1-3H3/q+1. The molecule has 158 valence electrons. The number of aromatic nitrogens is 2. The predicted molar refractivity (Wildman–Crippen MR) is 136 cm³/mol. The molecule has 5 aromatic carbocycles. The minimum absolute atomic E-state index is 0.939. The van der Waals surface area contributed by atoms with Gasteiger partial charge in [0.15, 0.2) is 11.0 Å². The van der Waals surface area contributed by atoms with Crippen LogP contribution in [0.5, 0.6) is 0 Å². The number of fused-ring (bicyclic) bond motifs is 7. The molecule has 0 saturated carbocycles. The average Bonchev–Trinajstić information content (AvgIpc) is 3.31. The number of aryl methyl sites for hydroxylation is 2. The number of rotatable bonds is 1. The lowest BCUT2D eigenvalue weighted by atomic mass is 10.0. The van der Waals surface area contributed by atoms with Gasteiger partial charge >= 0.3 is 0 Å². The van der Waals surface area contributed by atoms with Gasteiger partial charge in [0.1, 0.15) is 16.9 Å². The van der Waals surface area contributed by atoms with Crippen molar-refractivity contribution >= 4 is 54.5 Å². The van der Waals surface area contributed by atoms with Crippen LogP contribution in [0.15, 0.2) is 89.3 Å². The molecule has 0 spiro atoms. The van der Waals surface area contributed by atoms with Crippen molar-refractivity contribution in [3.8, 4) is 5.69 Å². The minimum atomic E-state index is 0.939. The van der Waals surface area contributed by atoms with Gasteiger partial charge < -0.3 is 4.42 Å². The summed E-state index contributed by atoms with van der Waals surface area (Å²) in [5.41, 5.74) is 6.78. The largest absolute Gasteiger partial charge is 0.455 e. The second-order valence-corrected chi connectivity index (χ2v) is 9.03. The van der Waals surface area contributed by atoms with Crippen LogP contribution in [-0.4, -0.2) is 4.57 Å². The first-order valence-electron chi connectivity index (χ1n) is 11.3. The van der Waals surface area contributed by atoms with Gasteiger partial charge in [0.05, 0.1) is 7.05 Å². The SMILES string of the molecule is Cc1ccccc1-n1c(C)[n+](C)c2cc3c(ccc4c5cc6ccccc6cc5oc34)cc21. The molecule has 3 nitrogen and oxygen atoms in total. The van der Waals surface area contributed by atoms with Crippen LogP contribution in [0, 0.1) is 13.8 Å². The van der Waals surface area contributed by atoms with Crippen molar-refractivity contribution in [2.75, 3.05) is 0 Å². The van der Waals surface area contributed by atoms with Crippen molar-refractivity contribution in [1.82, 2.24) is 4.57 Å². The fourth-order valence-corrected chi connectivity index (χ4v) is 5.33. The first-order valence-corrected chi connectivity index (χ1v) is 11.3. The summed E-state index contributed by atoms with van der Waals surface area (Å²) in [6, 6.07) is 30.5. The highest BCUT2D eigenvalue weighted by Crippen LogP contribution is 2.37. The number of imidazole rings is 1. The maximum atomic E-state index is 6.49. The molecule has 0 fully saturated rings. The molecule has 7 aromatic rings. The molecule has 7 rings (SSSR count). The molecule has 0 amide bonds. The molecular formula is C30H23N2O+. The summed E-state index contributed by atoms with van der Waals surface area (Å²) >= 11 is 0. The van der Waals surface area contributed by atoms with E-state index >= 15 is 0 Å². The van der Waals surface area contributed by atoms with E-state index < -0.39 is 0 Å². The average molecular weight is 428 g/mol. The van der Waals surface area contributed by atoms with E-state index in [4.69, 9.17) is 4.42 Å². The molecule has 0 atom stereocenters. The number of hydrogen-bond acceptors (Lipinski definition) is 1. The van der Waals surface area contributed by atoms with Crippen LogP contribution < -0.4 is 4.57 Å². The number of nitrogens with zero attached hydrogens (tertiary/aromatic N) is 2. The molecule has 0 unspecified atom stereocenters. The first-order chi connectivity index (χ1) is 16.1. The topological polar surface area (TPSA) is 21.9 Å². The molecule has 0 bridgehead atoms. The van der Waals surface area contributed by atoms with Crippen molar-refractivity contribution in [3.05, 3.63) is 96.3 Å². The minimum Gasteiger partial charge on any atom is -0.455 e. The Morgan fingerprint density at radius 3 is 2.27 bits per heavy atom. The Balaban J connectivity index is 1.59. The molecular weight excluding hydrogens is 404 g/mol.